The van der Waals surface area contributed by atoms with Crippen LogP contribution in [0.2, 0.25) is 0 Å². The SMILES string of the molecule is O=C(O)C(=C1OCOC1=C(C(=O)O)c1ccccc1)c1ccccc1. The average Bonchev–Trinajstić information content (AvgIpc) is 3.05. The molecule has 1 aliphatic rings. The van der Waals surface area contributed by atoms with Crippen LogP contribution in [0.1, 0.15) is 11.1 Å². The molecule has 6 heteroatoms. The zero-order valence-corrected chi connectivity index (χ0v) is 13.0. The molecule has 0 radical (unpaired) electrons. The second kappa shape index (κ2) is 6.92. The molecule has 1 aliphatic heterocycles. The first-order valence-electron chi connectivity index (χ1n) is 7.41. The first kappa shape index (κ1) is 16.3. The van der Waals surface area contributed by atoms with Crippen LogP contribution in [0.4, 0.5) is 0 Å². The van der Waals surface area contributed by atoms with Crippen molar-refractivity contribution in [1.82, 2.24) is 0 Å². The molecule has 0 aliphatic carbocycles. The van der Waals surface area contributed by atoms with Crippen molar-refractivity contribution in [3.8, 4) is 0 Å². The maximum atomic E-state index is 11.8. The normalized spacial score (nSPS) is 17.3. The van der Waals surface area contributed by atoms with Crippen molar-refractivity contribution in [3.63, 3.8) is 0 Å². The molecule has 126 valence electrons. The summed E-state index contributed by atoms with van der Waals surface area (Å²) >= 11 is 0. The fraction of sp³-hybridized carbons (Fsp3) is 0.0526. The van der Waals surface area contributed by atoms with Gasteiger partial charge in [0, 0.05) is 0 Å². The van der Waals surface area contributed by atoms with E-state index in [1.54, 1.807) is 60.7 Å². The largest absolute Gasteiger partial charge is 0.478 e. The van der Waals surface area contributed by atoms with Gasteiger partial charge in [-0.1, -0.05) is 60.7 Å². The lowest BCUT2D eigenvalue weighted by atomic mass is 9.99. The van der Waals surface area contributed by atoms with Crippen LogP contribution in [0.15, 0.2) is 72.2 Å². The summed E-state index contributed by atoms with van der Waals surface area (Å²) in [4.78, 5) is 23.6. The minimum Gasteiger partial charge on any atom is -0.478 e. The molecular formula is C19H14O6. The van der Waals surface area contributed by atoms with Crippen molar-refractivity contribution in [2.75, 3.05) is 6.79 Å². The predicted molar refractivity (Wildman–Crippen MR) is 89.0 cm³/mol. The Kier molecular flexibility index (Phi) is 4.52. The first-order chi connectivity index (χ1) is 12.1. The van der Waals surface area contributed by atoms with Crippen molar-refractivity contribution in [1.29, 1.82) is 0 Å². The summed E-state index contributed by atoms with van der Waals surface area (Å²) in [6.07, 6.45) is 0. The van der Waals surface area contributed by atoms with Crippen LogP contribution in [-0.2, 0) is 19.1 Å². The molecule has 0 amide bonds. The van der Waals surface area contributed by atoms with E-state index in [0.717, 1.165) is 0 Å². The molecule has 0 unspecified atom stereocenters. The summed E-state index contributed by atoms with van der Waals surface area (Å²) in [5.74, 6) is -2.66. The second-order valence-corrected chi connectivity index (χ2v) is 5.16. The molecule has 2 N–H and O–H groups in total. The Morgan fingerprint density at radius 2 is 1.04 bits per heavy atom. The van der Waals surface area contributed by atoms with Crippen LogP contribution >= 0.6 is 0 Å². The predicted octanol–water partition coefficient (Wildman–Crippen LogP) is 2.98. The van der Waals surface area contributed by atoms with Gasteiger partial charge in [-0.3, -0.25) is 0 Å². The van der Waals surface area contributed by atoms with E-state index in [4.69, 9.17) is 9.47 Å². The van der Waals surface area contributed by atoms with E-state index < -0.39 is 11.9 Å². The summed E-state index contributed by atoms with van der Waals surface area (Å²) in [7, 11) is 0. The molecule has 0 saturated carbocycles. The number of benzene rings is 2. The van der Waals surface area contributed by atoms with Gasteiger partial charge >= 0.3 is 11.9 Å². The maximum absolute atomic E-state index is 11.8. The van der Waals surface area contributed by atoms with Gasteiger partial charge in [-0.15, -0.1) is 0 Å². The summed E-state index contributed by atoms with van der Waals surface area (Å²) in [5.41, 5.74) is 0.488. The Morgan fingerprint density at radius 1 is 0.680 bits per heavy atom. The van der Waals surface area contributed by atoms with Crippen LogP contribution in [0, 0.1) is 0 Å². The standard InChI is InChI=1S/C19H14O6/c20-18(21)14(12-7-3-1-4-8-12)16-17(25-11-24-16)15(19(22)23)13-9-5-2-6-10-13/h1-10H,11H2,(H,20,21)(H,22,23). The van der Waals surface area contributed by atoms with E-state index in [0.29, 0.717) is 11.1 Å². The number of aliphatic carboxylic acids is 2. The minimum absolute atomic E-state index is 0.0973. The highest BCUT2D eigenvalue weighted by Gasteiger charge is 2.32. The minimum atomic E-state index is -1.23. The fourth-order valence-electron chi connectivity index (χ4n) is 2.56. The van der Waals surface area contributed by atoms with Crippen LogP contribution in [0.5, 0.6) is 0 Å². The summed E-state index contributed by atoms with van der Waals surface area (Å²) in [6.45, 7) is -0.252. The lowest BCUT2D eigenvalue weighted by Crippen LogP contribution is -2.08. The number of carboxylic acids is 2. The Labute approximate surface area is 143 Å². The van der Waals surface area contributed by atoms with Gasteiger partial charge in [0.05, 0.1) is 0 Å². The molecule has 25 heavy (non-hydrogen) atoms. The van der Waals surface area contributed by atoms with Gasteiger partial charge in [0.25, 0.3) is 0 Å². The average molecular weight is 338 g/mol. The van der Waals surface area contributed by atoms with E-state index in [1.807, 2.05) is 0 Å². The maximum Gasteiger partial charge on any atom is 0.340 e. The number of carbonyl (C=O) groups is 2. The lowest BCUT2D eigenvalue weighted by Gasteiger charge is -2.09. The Morgan fingerprint density at radius 3 is 1.36 bits per heavy atom. The molecule has 2 aromatic rings. The molecule has 1 saturated heterocycles. The quantitative estimate of drug-likeness (QED) is 0.833. The molecular weight excluding hydrogens is 324 g/mol. The van der Waals surface area contributed by atoms with Gasteiger partial charge in [-0.05, 0) is 11.1 Å². The van der Waals surface area contributed by atoms with Gasteiger partial charge in [0.15, 0.2) is 11.5 Å². The third-order valence-electron chi connectivity index (χ3n) is 3.62. The third kappa shape index (κ3) is 3.23. The van der Waals surface area contributed by atoms with E-state index >= 15 is 0 Å². The van der Waals surface area contributed by atoms with Crippen LogP contribution in [0.25, 0.3) is 11.1 Å². The number of carboxylic acid groups (broad SMARTS) is 2. The van der Waals surface area contributed by atoms with Crippen LogP contribution < -0.4 is 0 Å². The van der Waals surface area contributed by atoms with Crippen molar-refractivity contribution >= 4 is 23.1 Å². The van der Waals surface area contributed by atoms with Gasteiger partial charge in [-0.2, -0.15) is 0 Å². The van der Waals surface area contributed by atoms with E-state index in [2.05, 4.69) is 0 Å². The Balaban J connectivity index is 2.27. The highest BCUT2D eigenvalue weighted by atomic mass is 16.7. The van der Waals surface area contributed by atoms with Crippen molar-refractivity contribution < 1.29 is 29.3 Å². The zero-order chi connectivity index (χ0) is 17.8. The Hall–Kier alpha value is -3.54. The van der Waals surface area contributed by atoms with E-state index in [1.165, 1.54) is 0 Å². The molecule has 1 heterocycles. The topological polar surface area (TPSA) is 93.1 Å². The van der Waals surface area contributed by atoms with Crippen molar-refractivity contribution in [3.05, 3.63) is 83.3 Å². The second-order valence-electron chi connectivity index (χ2n) is 5.16. The molecule has 0 bridgehead atoms. The lowest BCUT2D eigenvalue weighted by molar-refractivity contribution is -0.131. The molecule has 2 aromatic carbocycles. The van der Waals surface area contributed by atoms with Crippen LogP contribution in [0.3, 0.4) is 0 Å². The summed E-state index contributed by atoms with van der Waals surface area (Å²) in [6, 6.07) is 16.7. The highest BCUT2D eigenvalue weighted by molar-refractivity contribution is 6.20. The van der Waals surface area contributed by atoms with Gasteiger partial charge in [0.1, 0.15) is 11.1 Å². The first-order valence-corrected chi connectivity index (χ1v) is 7.41. The van der Waals surface area contributed by atoms with Crippen molar-refractivity contribution in [2.45, 2.75) is 0 Å². The van der Waals surface area contributed by atoms with Crippen molar-refractivity contribution in [2.24, 2.45) is 0 Å². The zero-order valence-electron chi connectivity index (χ0n) is 13.0. The fourth-order valence-corrected chi connectivity index (χ4v) is 2.56. The molecule has 6 nitrogen and oxygen atoms in total. The number of ether oxygens (including phenoxy) is 2. The molecule has 3 rings (SSSR count). The van der Waals surface area contributed by atoms with Gasteiger partial charge in [-0.25, -0.2) is 9.59 Å². The number of rotatable bonds is 4. The van der Waals surface area contributed by atoms with E-state index in [9.17, 15) is 19.8 Å². The monoisotopic (exact) mass is 338 g/mol. The highest BCUT2D eigenvalue weighted by Crippen LogP contribution is 2.35. The molecule has 0 spiro atoms. The summed E-state index contributed by atoms with van der Waals surface area (Å²) < 4.78 is 10.7. The van der Waals surface area contributed by atoms with Crippen LogP contribution in [-0.4, -0.2) is 28.9 Å². The number of hydrogen-bond donors (Lipinski definition) is 2. The molecule has 0 atom stereocenters. The van der Waals surface area contributed by atoms with Gasteiger partial charge < -0.3 is 19.7 Å². The third-order valence-corrected chi connectivity index (χ3v) is 3.62. The molecule has 1 fully saturated rings. The van der Waals surface area contributed by atoms with E-state index in [-0.39, 0.29) is 29.5 Å². The summed E-state index contributed by atoms with van der Waals surface area (Å²) in [5, 5.41) is 19.3. The number of hydrogen-bond acceptors (Lipinski definition) is 4. The Bertz CT molecular complexity index is 792. The molecule has 0 aromatic heterocycles. The van der Waals surface area contributed by atoms with Gasteiger partial charge in [0.2, 0.25) is 6.79 Å². The smallest absolute Gasteiger partial charge is 0.340 e.